The van der Waals surface area contributed by atoms with Gasteiger partial charge in [0, 0.05) is 0 Å². The molecule has 0 fully saturated rings. The highest BCUT2D eigenvalue weighted by molar-refractivity contribution is 7.53. The van der Waals surface area contributed by atoms with Crippen molar-refractivity contribution >= 4 is 19.7 Å². The molecule has 1 atom stereocenters. The zero-order chi connectivity index (χ0) is 19.4. The van der Waals surface area contributed by atoms with E-state index in [1.54, 1.807) is 13.8 Å². The van der Waals surface area contributed by atoms with Crippen LogP contribution in [0.1, 0.15) is 25.8 Å². The molecule has 0 radical (unpaired) electrons. The molecule has 0 heterocycles. The summed E-state index contributed by atoms with van der Waals surface area (Å²) in [6.45, 7) is 3.89. The molecule has 0 spiro atoms. The molecule has 26 heavy (non-hydrogen) atoms. The number of benzene rings is 1. The van der Waals surface area contributed by atoms with Gasteiger partial charge in [-0.1, -0.05) is 30.3 Å². The average molecular weight is 387 g/mol. The second kappa shape index (κ2) is 11.7. The van der Waals surface area contributed by atoms with E-state index in [-0.39, 0.29) is 32.4 Å². The van der Waals surface area contributed by atoms with E-state index in [9.17, 15) is 14.2 Å². The van der Waals surface area contributed by atoms with Crippen LogP contribution < -0.4 is 5.32 Å². The third-order valence-electron chi connectivity index (χ3n) is 3.33. The fraction of sp³-hybridized carbons (Fsp3) is 0.529. The first-order valence-corrected chi connectivity index (χ1v) is 10.1. The highest BCUT2D eigenvalue weighted by Gasteiger charge is 2.29. The second-order valence-electron chi connectivity index (χ2n) is 5.24. The van der Waals surface area contributed by atoms with E-state index in [0.29, 0.717) is 0 Å². The molecule has 146 valence electrons. The van der Waals surface area contributed by atoms with Gasteiger partial charge in [-0.25, -0.2) is 9.59 Å². The van der Waals surface area contributed by atoms with Gasteiger partial charge in [-0.3, -0.25) is 4.57 Å². The summed E-state index contributed by atoms with van der Waals surface area (Å²) in [5.74, 6) is -0.666. The molecule has 1 aromatic rings. The molecule has 0 aromatic heterocycles. The molecule has 0 aliphatic carbocycles. The number of alkyl carbamates (subject to hydrolysis) is 1. The lowest BCUT2D eigenvalue weighted by atomic mass is 10.2. The van der Waals surface area contributed by atoms with E-state index >= 15 is 0 Å². The molecule has 0 unspecified atom stereocenters. The van der Waals surface area contributed by atoms with Crippen LogP contribution in [0, 0.1) is 0 Å². The van der Waals surface area contributed by atoms with Gasteiger partial charge in [0.2, 0.25) is 0 Å². The number of amides is 1. The van der Waals surface area contributed by atoms with Crippen LogP contribution >= 0.6 is 7.60 Å². The smallest absolute Gasteiger partial charge is 0.408 e. The summed E-state index contributed by atoms with van der Waals surface area (Å²) in [7, 11) is -2.12. The quantitative estimate of drug-likeness (QED) is 0.460. The van der Waals surface area contributed by atoms with Gasteiger partial charge in [0.15, 0.2) is 0 Å². The molecule has 8 nitrogen and oxygen atoms in total. The summed E-state index contributed by atoms with van der Waals surface area (Å²) in [4.78, 5) is 23.8. The Morgan fingerprint density at radius 2 is 1.73 bits per heavy atom. The van der Waals surface area contributed by atoms with Crippen molar-refractivity contribution in [3.05, 3.63) is 35.9 Å². The molecule has 0 bridgehead atoms. The third kappa shape index (κ3) is 7.99. The van der Waals surface area contributed by atoms with Crippen molar-refractivity contribution in [2.24, 2.45) is 0 Å². The van der Waals surface area contributed by atoms with Gasteiger partial charge < -0.3 is 23.8 Å². The Balaban J connectivity index is 2.61. The Labute approximate surface area is 153 Å². The molecule has 1 aromatic carbocycles. The van der Waals surface area contributed by atoms with Crippen LogP contribution in [0.5, 0.6) is 0 Å². The Kier molecular flexibility index (Phi) is 9.95. The normalized spacial score (nSPS) is 12.3. The maximum absolute atomic E-state index is 12.5. The van der Waals surface area contributed by atoms with E-state index in [1.165, 1.54) is 7.11 Å². The van der Waals surface area contributed by atoms with Crippen molar-refractivity contribution in [2.45, 2.75) is 32.9 Å². The zero-order valence-electron chi connectivity index (χ0n) is 15.3. The number of rotatable bonds is 11. The maximum Gasteiger partial charge on any atom is 0.408 e. The van der Waals surface area contributed by atoms with Crippen LogP contribution in [0.15, 0.2) is 30.3 Å². The van der Waals surface area contributed by atoms with Crippen molar-refractivity contribution < 1.29 is 32.7 Å². The molecule has 9 heteroatoms. The predicted molar refractivity (Wildman–Crippen MR) is 95.9 cm³/mol. The lowest BCUT2D eigenvalue weighted by Crippen LogP contribution is -2.42. The summed E-state index contributed by atoms with van der Waals surface area (Å²) in [5.41, 5.74) is 0.814. The number of ether oxygens (including phenoxy) is 2. The fourth-order valence-electron chi connectivity index (χ4n) is 2.15. The minimum atomic E-state index is -3.33. The lowest BCUT2D eigenvalue weighted by Gasteiger charge is -2.20. The van der Waals surface area contributed by atoms with Crippen molar-refractivity contribution in [1.82, 2.24) is 5.32 Å². The van der Waals surface area contributed by atoms with Gasteiger partial charge >= 0.3 is 19.7 Å². The monoisotopic (exact) mass is 387 g/mol. The lowest BCUT2D eigenvalue weighted by molar-refractivity contribution is -0.143. The Morgan fingerprint density at radius 1 is 1.12 bits per heavy atom. The summed E-state index contributed by atoms with van der Waals surface area (Å²) in [6.07, 6.45) is -0.774. The summed E-state index contributed by atoms with van der Waals surface area (Å²) in [6, 6.07) is 8.11. The fourth-order valence-corrected chi connectivity index (χ4v) is 3.84. The van der Waals surface area contributed by atoms with Crippen LogP contribution in [0.2, 0.25) is 0 Å². The minimum Gasteiger partial charge on any atom is -0.467 e. The van der Waals surface area contributed by atoms with E-state index in [1.807, 2.05) is 30.3 Å². The second-order valence-corrected chi connectivity index (χ2v) is 7.43. The van der Waals surface area contributed by atoms with Gasteiger partial charge in [-0.15, -0.1) is 0 Å². The largest absolute Gasteiger partial charge is 0.467 e. The molecule has 0 aliphatic heterocycles. The predicted octanol–water partition coefficient (Wildman–Crippen LogP) is 3.11. The van der Waals surface area contributed by atoms with Crippen molar-refractivity contribution in [3.8, 4) is 0 Å². The summed E-state index contributed by atoms with van der Waals surface area (Å²) in [5, 5.41) is 2.43. The van der Waals surface area contributed by atoms with Crippen molar-refractivity contribution in [3.63, 3.8) is 0 Å². The van der Waals surface area contributed by atoms with Gasteiger partial charge in [-0.05, 0) is 25.8 Å². The topological polar surface area (TPSA) is 100 Å². The highest BCUT2D eigenvalue weighted by atomic mass is 31.2. The number of hydrogen-bond donors (Lipinski definition) is 1. The van der Waals surface area contributed by atoms with Crippen LogP contribution in [-0.2, 0) is 34.5 Å². The Hall–Kier alpha value is -1.89. The van der Waals surface area contributed by atoms with E-state index in [2.05, 4.69) is 10.1 Å². The molecule has 0 saturated heterocycles. The van der Waals surface area contributed by atoms with E-state index in [0.717, 1.165) is 5.56 Å². The summed E-state index contributed by atoms with van der Waals surface area (Å²) < 4.78 is 32.6. The third-order valence-corrected chi connectivity index (χ3v) is 5.44. The Bertz CT molecular complexity index is 598. The van der Waals surface area contributed by atoms with Crippen LogP contribution in [-0.4, -0.2) is 44.6 Å². The number of methoxy groups -OCH3 is 1. The first-order chi connectivity index (χ1) is 12.4. The maximum atomic E-state index is 12.5. The number of hydrogen-bond acceptors (Lipinski definition) is 7. The molecular weight excluding hydrogens is 361 g/mol. The van der Waals surface area contributed by atoms with Gasteiger partial charge in [0.1, 0.15) is 12.6 Å². The molecule has 0 aliphatic rings. The van der Waals surface area contributed by atoms with Gasteiger partial charge in [-0.2, -0.15) is 0 Å². The van der Waals surface area contributed by atoms with Crippen molar-refractivity contribution in [1.29, 1.82) is 0 Å². The molecule has 0 saturated carbocycles. The van der Waals surface area contributed by atoms with Crippen molar-refractivity contribution in [2.75, 3.05) is 26.5 Å². The standard InChI is InChI=1S/C17H26NO7P/c1-4-24-26(21,25-5-2)12-11-15(16(19)22-3)18-17(20)23-13-14-9-7-6-8-10-14/h6-10,15H,4-5,11-13H2,1-3H3,(H,18,20)/t15-/m1/s1. The minimum absolute atomic E-state index is 0.0321. The first kappa shape index (κ1) is 22.2. The molecule has 1 rings (SSSR count). The highest BCUT2D eigenvalue weighted by Crippen LogP contribution is 2.48. The molecular formula is C17H26NO7P. The zero-order valence-corrected chi connectivity index (χ0v) is 16.2. The Morgan fingerprint density at radius 3 is 2.27 bits per heavy atom. The number of carbonyl (C=O) groups excluding carboxylic acids is 2. The number of carbonyl (C=O) groups is 2. The molecule has 1 N–H and O–H groups in total. The SMILES string of the molecule is CCOP(=O)(CC[C@@H](NC(=O)OCc1ccccc1)C(=O)OC)OCC. The van der Waals surface area contributed by atoms with Crippen LogP contribution in [0.3, 0.4) is 0 Å². The number of nitrogens with one attached hydrogen (secondary N) is 1. The molecule has 1 amide bonds. The van der Waals surface area contributed by atoms with Gasteiger partial charge in [0.25, 0.3) is 0 Å². The summed E-state index contributed by atoms with van der Waals surface area (Å²) >= 11 is 0. The van der Waals surface area contributed by atoms with Crippen LogP contribution in [0.25, 0.3) is 0 Å². The van der Waals surface area contributed by atoms with Crippen LogP contribution in [0.4, 0.5) is 4.79 Å². The van der Waals surface area contributed by atoms with E-state index in [4.69, 9.17) is 13.8 Å². The number of esters is 1. The first-order valence-electron chi connectivity index (χ1n) is 8.37. The average Bonchev–Trinajstić information content (AvgIpc) is 2.64. The van der Waals surface area contributed by atoms with E-state index < -0.39 is 25.7 Å². The van der Waals surface area contributed by atoms with Gasteiger partial charge in [0.05, 0.1) is 26.5 Å².